The Morgan fingerprint density at radius 1 is 1.44 bits per heavy atom. The Hall–Kier alpha value is -1.98. The van der Waals surface area contributed by atoms with Gasteiger partial charge in [-0.05, 0) is 12.8 Å². The van der Waals surface area contributed by atoms with Gasteiger partial charge in [-0.3, -0.25) is 4.90 Å². The van der Waals surface area contributed by atoms with Crippen molar-refractivity contribution in [2.45, 2.75) is 31.7 Å². The van der Waals surface area contributed by atoms with Crippen molar-refractivity contribution in [2.24, 2.45) is 0 Å². The number of carbonyl (C=O) groups is 1. The number of hydrogen-bond acceptors (Lipinski definition) is 3. The molecule has 0 radical (unpaired) electrons. The number of carbonyl (C=O) groups excluding carboxylic acids is 1. The molecule has 1 aliphatic heterocycles. The van der Waals surface area contributed by atoms with Crippen LogP contribution in [-0.2, 0) is 0 Å². The summed E-state index contributed by atoms with van der Waals surface area (Å²) in [4.78, 5) is 21.1. The lowest BCUT2D eigenvalue weighted by Gasteiger charge is -2.21. The van der Waals surface area contributed by atoms with E-state index in [0.717, 1.165) is 18.5 Å². The van der Waals surface area contributed by atoms with Gasteiger partial charge in [0.25, 0.3) is 0 Å². The Balaban J connectivity index is 1.68. The maximum Gasteiger partial charge on any atom is 0.323 e. The summed E-state index contributed by atoms with van der Waals surface area (Å²) < 4.78 is 0. The molecule has 1 fully saturated rings. The van der Waals surface area contributed by atoms with Crippen LogP contribution in [0.2, 0.25) is 0 Å². The first-order valence-electron chi connectivity index (χ1n) is 6.36. The second-order valence-electron chi connectivity index (χ2n) is 4.69. The molecule has 0 unspecified atom stereocenters. The standard InChI is InChI=1S/C12H17N5O/c18-12(16-9-3-1-2-4-9)17-8-13-7-10(17)11-14-5-6-15-11/h5-7,9,13H,1-4,8H2,(H,14,15)(H,16,18). The van der Waals surface area contributed by atoms with E-state index in [9.17, 15) is 4.79 Å². The molecule has 6 nitrogen and oxygen atoms in total. The minimum atomic E-state index is -0.0467. The highest BCUT2D eigenvalue weighted by atomic mass is 16.2. The van der Waals surface area contributed by atoms with Crippen LogP contribution in [0, 0.1) is 0 Å². The molecule has 96 valence electrons. The van der Waals surface area contributed by atoms with Crippen LogP contribution < -0.4 is 10.6 Å². The fraction of sp³-hybridized carbons (Fsp3) is 0.500. The molecule has 0 bridgehead atoms. The molecule has 2 aliphatic rings. The van der Waals surface area contributed by atoms with E-state index in [0.29, 0.717) is 18.5 Å². The van der Waals surface area contributed by atoms with Gasteiger partial charge in [0.1, 0.15) is 5.70 Å². The van der Waals surface area contributed by atoms with Crippen molar-refractivity contribution < 1.29 is 4.79 Å². The van der Waals surface area contributed by atoms with Gasteiger partial charge < -0.3 is 15.6 Å². The van der Waals surface area contributed by atoms with E-state index in [-0.39, 0.29) is 6.03 Å². The van der Waals surface area contributed by atoms with Crippen molar-refractivity contribution in [3.05, 3.63) is 24.4 Å². The first-order valence-corrected chi connectivity index (χ1v) is 6.36. The van der Waals surface area contributed by atoms with E-state index in [4.69, 9.17) is 0 Å². The lowest BCUT2D eigenvalue weighted by atomic mass is 10.2. The van der Waals surface area contributed by atoms with Gasteiger partial charge in [-0.1, -0.05) is 12.8 Å². The van der Waals surface area contributed by atoms with E-state index < -0.39 is 0 Å². The van der Waals surface area contributed by atoms with Crippen molar-refractivity contribution in [1.29, 1.82) is 0 Å². The molecule has 18 heavy (non-hydrogen) atoms. The average molecular weight is 247 g/mol. The predicted octanol–water partition coefficient (Wildman–Crippen LogP) is 1.22. The minimum absolute atomic E-state index is 0.0467. The monoisotopic (exact) mass is 247 g/mol. The van der Waals surface area contributed by atoms with Crippen molar-refractivity contribution >= 4 is 11.7 Å². The van der Waals surface area contributed by atoms with E-state index in [1.807, 2.05) is 6.20 Å². The van der Waals surface area contributed by atoms with Crippen LogP contribution >= 0.6 is 0 Å². The number of amides is 2. The lowest BCUT2D eigenvalue weighted by molar-refractivity contribution is 0.215. The highest BCUT2D eigenvalue weighted by molar-refractivity contribution is 5.85. The summed E-state index contributed by atoms with van der Waals surface area (Å²) in [6.07, 6.45) is 9.85. The van der Waals surface area contributed by atoms with Gasteiger partial charge in [-0.2, -0.15) is 0 Å². The van der Waals surface area contributed by atoms with Crippen LogP contribution in [0.1, 0.15) is 31.5 Å². The number of urea groups is 1. The predicted molar refractivity (Wildman–Crippen MR) is 67.2 cm³/mol. The zero-order valence-corrected chi connectivity index (χ0v) is 10.1. The first-order chi connectivity index (χ1) is 8.84. The Morgan fingerprint density at radius 3 is 3.00 bits per heavy atom. The number of aromatic amines is 1. The number of hydrogen-bond donors (Lipinski definition) is 3. The van der Waals surface area contributed by atoms with Crippen molar-refractivity contribution in [3.8, 4) is 0 Å². The molecule has 2 heterocycles. The number of nitrogens with zero attached hydrogens (tertiary/aromatic N) is 2. The summed E-state index contributed by atoms with van der Waals surface area (Å²) in [5.41, 5.74) is 0.787. The largest absolute Gasteiger partial charge is 0.371 e. The summed E-state index contributed by atoms with van der Waals surface area (Å²) in [7, 11) is 0. The zero-order valence-electron chi connectivity index (χ0n) is 10.1. The molecule has 1 saturated carbocycles. The second-order valence-corrected chi connectivity index (χ2v) is 4.69. The van der Waals surface area contributed by atoms with Crippen LogP contribution in [0.3, 0.4) is 0 Å². The molecular formula is C12H17N5O. The van der Waals surface area contributed by atoms with Gasteiger partial charge in [-0.15, -0.1) is 0 Å². The Labute approximate surface area is 105 Å². The highest BCUT2D eigenvalue weighted by Crippen LogP contribution is 2.21. The Bertz CT molecular complexity index is 447. The van der Waals surface area contributed by atoms with Gasteiger partial charge in [-0.25, -0.2) is 9.78 Å². The van der Waals surface area contributed by atoms with Crippen LogP contribution in [0.25, 0.3) is 5.70 Å². The first kappa shape index (κ1) is 11.1. The van der Waals surface area contributed by atoms with E-state index >= 15 is 0 Å². The van der Waals surface area contributed by atoms with Crippen LogP contribution in [0.15, 0.2) is 18.6 Å². The smallest absolute Gasteiger partial charge is 0.323 e. The van der Waals surface area contributed by atoms with Crippen LogP contribution in [0.5, 0.6) is 0 Å². The summed E-state index contributed by atoms with van der Waals surface area (Å²) in [5, 5.41) is 6.14. The van der Waals surface area contributed by atoms with Crippen LogP contribution in [-0.4, -0.2) is 33.6 Å². The molecule has 3 rings (SSSR count). The van der Waals surface area contributed by atoms with Crippen LogP contribution in [0.4, 0.5) is 4.79 Å². The molecule has 1 aromatic heterocycles. The molecule has 2 amide bonds. The number of rotatable bonds is 2. The van der Waals surface area contributed by atoms with Gasteiger partial charge in [0.15, 0.2) is 5.82 Å². The average Bonchev–Trinajstić information content (AvgIpc) is 3.11. The third-order valence-corrected chi connectivity index (χ3v) is 3.45. The molecule has 0 saturated heterocycles. The normalized spacial score (nSPS) is 19.8. The number of nitrogens with one attached hydrogen (secondary N) is 3. The Morgan fingerprint density at radius 2 is 2.28 bits per heavy atom. The fourth-order valence-corrected chi connectivity index (χ4v) is 2.50. The molecule has 0 aromatic carbocycles. The third-order valence-electron chi connectivity index (χ3n) is 3.45. The van der Waals surface area contributed by atoms with Gasteiger partial charge in [0, 0.05) is 24.6 Å². The lowest BCUT2D eigenvalue weighted by Crippen LogP contribution is -2.43. The SMILES string of the molecule is O=C(NC1CCCC1)N1CNC=C1c1ncc[nH]1. The maximum absolute atomic E-state index is 12.2. The van der Waals surface area contributed by atoms with E-state index in [1.165, 1.54) is 12.8 Å². The number of imidazole rings is 1. The zero-order chi connectivity index (χ0) is 12.4. The van der Waals surface area contributed by atoms with Crippen molar-refractivity contribution in [2.75, 3.05) is 6.67 Å². The van der Waals surface area contributed by atoms with Gasteiger partial charge in [0.05, 0.1) is 6.67 Å². The van der Waals surface area contributed by atoms with Crippen molar-refractivity contribution in [1.82, 2.24) is 25.5 Å². The Kier molecular flexibility index (Phi) is 2.92. The second kappa shape index (κ2) is 4.72. The molecule has 1 aliphatic carbocycles. The maximum atomic E-state index is 12.2. The minimum Gasteiger partial charge on any atom is -0.371 e. The molecule has 0 spiro atoms. The fourth-order valence-electron chi connectivity index (χ4n) is 2.50. The van der Waals surface area contributed by atoms with E-state index in [2.05, 4.69) is 20.6 Å². The number of H-pyrrole nitrogens is 1. The topological polar surface area (TPSA) is 73.1 Å². The molecule has 1 aromatic rings. The molecule has 0 atom stereocenters. The number of aromatic nitrogens is 2. The molecule has 6 heteroatoms. The van der Waals surface area contributed by atoms with E-state index in [1.54, 1.807) is 17.3 Å². The summed E-state index contributed by atoms with van der Waals surface area (Å²) in [6.45, 7) is 0.495. The molecule has 3 N–H and O–H groups in total. The van der Waals surface area contributed by atoms with Crippen molar-refractivity contribution in [3.63, 3.8) is 0 Å². The third kappa shape index (κ3) is 2.05. The molecular weight excluding hydrogens is 230 g/mol. The highest BCUT2D eigenvalue weighted by Gasteiger charge is 2.27. The summed E-state index contributed by atoms with van der Waals surface area (Å²) in [6, 6.07) is 0.283. The van der Waals surface area contributed by atoms with Gasteiger partial charge in [0.2, 0.25) is 0 Å². The van der Waals surface area contributed by atoms with Gasteiger partial charge >= 0.3 is 6.03 Å². The summed E-state index contributed by atoms with van der Waals surface area (Å²) >= 11 is 0. The summed E-state index contributed by atoms with van der Waals surface area (Å²) in [5.74, 6) is 0.710. The quantitative estimate of drug-likeness (QED) is 0.735.